The van der Waals surface area contributed by atoms with Crippen molar-refractivity contribution in [1.82, 2.24) is 10.6 Å². The molecule has 0 aliphatic carbocycles. The Morgan fingerprint density at radius 3 is 2.58 bits per heavy atom. The number of carbonyl (C=O) groups is 1. The molecule has 1 rings (SSSR count). The Bertz CT molecular complexity index is 376. The molecule has 4 nitrogen and oxygen atoms in total. The van der Waals surface area contributed by atoms with Crippen molar-refractivity contribution in [3.63, 3.8) is 0 Å². The van der Waals surface area contributed by atoms with Gasteiger partial charge in [-0.15, -0.1) is 0 Å². The number of nitrogens with one attached hydrogen (secondary N) is 2. The maximum atomic E-state index is 11.5. The number of rotatable bonds is 8. The summed E-state index contributed by atoms with van der Waals surface area (Å²) in [5.74, 6) is 0.923. The van der Waals surface area contributed by atoms with Crippen LogP contribution in [0.4, 0.5) is 0 Å². The molecule has 0 saturated heterocycles. The molecule has 0 fully saturated rings. The minimum absolute atomic E-state index is 0.0587. The van der Waals surface area contributed by atoms with Crippen molar-refractivity contribution < 1.29 is 9.53 Å². The zero-order valence-electron chi connectivity index (χ0n) is 12.0. The third-order valence-corrected chi connectivity index (χ3v) is 2.88. The second kappa shape index (κ2) is 8.53. The normalized spacial score (nSPS) is 11.9. The lowest BCUT2D eigenvalue weighted by molar-refractivity contribution is -0.120. The molecule has 1 aromatic carbocycles. The molecule has 1 amide bonds. The van der Waals surface area contributed by atoms with Crippen molar-refractivity contribution in [3.8, 4) is 5.75 Å². The van der Waals surface area contributed by atoms with Gasteiger partial charge >= 0.3 is 0 Å². The van der Waals surface area contributed by atoms with Crippen LogP contribution < -0.4 is 15.4 Å². The van der Waals surface area contributed by atoms with Crippen LogP contribution in [0, 0.1) is 0 Å². The van der Waals surface area contributed by atoms with Gasteiger partial charge in [-0.2, -0.15) is 0 Å². The molecule has 0 bridgehead atoms. The van der Waals surface area contributed by atoms with Crippen molar-refractivity contribution in [2.24, 2.45) is 0 Å². The molecule has 1 atom stereocenters. The summed E-state index contributed by atoms with van der Waals surface area (Å²) in [5.41, 5.74) is 1.23. The van der Waals surface area contributed by atoms with Gasteiger partial charge in [0.05, 0.1) is 13.7 Å². The van der Waals surface area contributed by atoms with Crippen molar-refractivity contribution in [1.29, 1.82) is 0 Å². The van der Waals surface area contributed by atoms with E-state index in [1.165, 1.54) is 5.56 Å². The van der Waals surface area contributed by atoms with Crippen LogP contribution in [0.1, 0.15) is 25.8 Å². The van der Waals surface area contributed by atoms with Crippen LogP contribution in [-0.2, 0) is 11.2 Å². The van der Waals surface area contributed by atoms with Gasteiger partial charge in [0, 0.05) is 12.6 Å². The van der Waals surface area contributed by atoms with Gasteiger partial charge in [-0.05, 0) is 37.5 Å². The van der Waals surface area contributed by atoms with Crippen LogP contribution in [0.3, 0.4) is 0 Å². The van der Waals surface area contributed by atoms with E-state index in [9.17, 15) is 4.79 Å². The Labute approximate surface area is 115 Å². The van der Waals surface area contributed by atoms with Gasteiger partial charge in [0.25, 0.3) is 0 Å². The first-order chi connectivity index (χ1) is 9.15. The molecular weight excluding hydrogens is 240 g/mol. The number of methoxy groups -OCH3 is 1. The lowest BCUT2D eigenvalue weighted by Gasteiger charge is -2.14. The molecule has 0 saturated carbocycles. The topological polar surface area (TPSA) is 50.4 Å². The first-order valence-electron chi connectivity index (χ1n) is 6.78. The Morgan fingerprint density at radius 2 is 2.00 bits per heavy atom. The third-order valence-electron chi connectivity index (χ3n) is 2.88. The van der Waals surface area contributed by atoms with Crippen LogP contribution in [0.2, 0.25) is 0 Å². The fourth-order valence-corrected chi connectivity index (χ4v) is 1.78. The van der Waals surface area contributed by atoms with E-state index in [2.05, 4.69) is 17.6 Å². The highest BCUT2D eigenvalue weighted by atomic mass is 16.5. The van der Waals surface area contributed by atoms with E-state index in [0.717, 1.165) is 25.1 Å². The highest BCUT2D eigenvalue weighted by Crippen LogP contribution is 2.12. The molecular formula is C15H24N2O2. The van der Waals surface area contributed by atoms with Gasteiger partial charge in [-0.25, -0.2) is 0 Å². The molecule has 0 aromatic heterocycles. The third kappa shape index (κ3) is 6.25. The van der Waals surface area contributed by atoms with Gasteiger partial charge in [-0.1, -0.05) is 19.1 Å². The average Bonchev–Trinajstić information content (AvgIpc) is 2.43. The highest BCUT2D eigenvalue weighted by molar-refractivity contribution is 5.77. The Balaban J connectivity index is 2.29. The van der Waals surface area contributed by atoms with E-state index >= 15 is 0 Å². The zero-order chi connectivity index (χ0) is 14.1. The van der Waals surface area contributed by atoms with Gasteiger partial charge in [0.15, 0.2) is 0 Å². The van der Waals surface area contributed by atoms with Gasteiger partial charge < -0.3 is 15.4 Å². The lowest BCUT2D eigenvalue weighted by Crippen LogP contribution is -2.39. The van der Waals surface area contributed by atoms with Gasteiger partial charge in [0.2, 0.25) is 5.91 Å². The molecule has 1 aromatic rings. The molecule has 0 spiro atoms. The summed E-state index contributed by atoms with van der Waals surface area (Å²) in [6.45, 7) is 5.24. The fourth-order valence-electron chi connectivity index (χ4n) is 1.78. The number of amides is 1. The number of benzene rings is 1. The van der Waals surface area contributed by atoms with E-state index in [1.807, 2.05) is 31.2 Å². The molecule has 2 N–H and O–H groups in total. The van der Waals surface area contributed by atoms with E-state index < -0.39 is 0 Å². The average molecular weight is 264 g/mol. The quantitative estimate of drug-likeness (QED) is 0.752. The van der Waals surface area contributed by atoms with Crippen molar-refractivity contribution >= 4 is 5.91 Å². The van der Waals surface area contributed by atoms with Crippen molar-refractivity contribution in [3.05, 3.63) is 29.8 Å². The number of hydrogen-bond acceptors (Lipinski definition) is 3. The maximum Gasteiger partial charge on any atom is 0.233 e. The van der Waals surface area contributed by atoms with Crippen molar-refractivity contribution in [2.75, 3.05) is 20.2 Å². The largest absolute Gasteiger partial charge is 0.497 e. The van der Waals surface area contributed by atoms with Crippen LogP contribution in [0.15, 0.2) is 24.3 Å². The zero-order valence-corrected chi connectivity index (χ0v) is 12.0. The summed E-state index contributed by atoms with van der Waals surface area (Å²) in [7, 11) is 1.66. The summed E-state index contributed by atoms with van der Waals surface area (Å²) in [6, 6.07) is 8.27. The van der Waals surface area contributed by atoms with E-state index in [-0.39, 0.29) is 11.9 Å². The molecule has 1 unspecified atom stereocenters. The van der Waals surface area contributed by atoms with Crippen LogP contribution >= 0.6 is 0 Å². The first kappa shape index (κ1) is 15.5. The number of hydrogen-bond donors (Lipinski definition) is 2. The SMILES string of the molecule is CCCNC(=O)CNC(C)Cc1ccc(OC)cc1. The van der Waals surface area contributed by atoms with E-state index in [4.69, 9.17) is 4.74 Å². The summed E-state index contributed by atoms with van der Waals surface area (Å²) in [6.07, 6.45) is 1.86. The van der Waals surface area contributed by atoms with Gasteiger partial charge in [-0.3, -0.25) is 4.79 Å². The molecule has 4 heteroatoms. The molecule has 0 heterocycles. The Hall–Kier alpha value is -1.55. The second-order valence-electron chi connectivity index (χ2n) is 4.68. The van der Waals surface area contributed by atoms with E-state index in [0.29, 0.717) is 6.54 Å². The van der Waals surface area contributed by atoms with Crippen LogP contribution in [0.5, 0.6) is 5.75 Å². The van der Waals surface area contributed by atoms with Gasteiger partial charge in [0.1, 0.15) is 5.75 Å². The molecule has 106 valence electrons. The predicted octanol–water partition coefficient (Wildman–Crippen LogP) is 1.74. The molecule has 0 aliphatic heterocycles. The maximum absolute atomic E-state index is 11.5. The summed E-state index contributed by atoms with van der Waals surface area (Å²) in [5, 5.41) is 6.07. The second-order valence-corrected chi connectivity index (χ2v) is 4.68. The van der Waals surface area contributed by atoms with E-state index in [1.54, 1.807) is 7.11 Å². The number of ether oxygens (including phenoxy) is 1. The number of carbonyl (C=O) groups excluding carboxylic acids is 1. The standard InChI is InChI=1S/C15H24N2O2/c1-4-9-16-15(18)11-17-12(2)10-13-5-7-14(19-3)8-6-13/h5-8,12,17H,4,9-11H2,1-3H3,(H,16,18). The molecule has 0 radical (unpaired) electrons. The minimum Gasteiger partial charge on any atom is -0.497 e. The van der Waals surface area contributed by atoms with Crippen molar-refractivity contribution in [2.45, 2.75) is 32.7 Å². The summed E-state index contributed by atoms with van der Waals surface area (Å²) in [4.78, 5) is 11.5. The first-order valence-corrected chi connectivity index (χ1v) is 6.78. The van der Waals surface area contributed by atoms with Crippen LogP contribution in [0.25, 0.3) is 0 Å². The lowest BCUT2D eigenvalue weighted by atomic mass is 10.1. The van der Waals surface area contributed by atoms with Crippen LogP contribution in [-0.4, -0.2) is 32.1 Å². The molecule has 0 aliphatic rings. The summed E-state index contributed by atoms with van der Waals surface area (Å²) < 4.78 is 5.12. The molecule has 19 heavy (non-hydrogen) atoms. The smallest absolute Gasteiger partial charge is 0.233 e. The Morgan fingerprint density at radius 1 is 1.32 bits per heavy atom. The highest BCUT2D eigenvalue weighted by Gasteiger charge is 2.06. The Kier molecular flexibility index (Phi) is 6.97. The summed E-state index contributed by atoms with van der Waals surface area (Å²) >= 11 is 0. The predicted molar refractivity (Wildman–Crippen MR) is 77.5 cm³/mol. The minimum atomic E-state index is 0.0587. The monoisotopic (exact) mass is 264 g/mol. The fraction of sp³-hybridized carbons (Fsp3) is 0.533.